The van der Waals surface area contributed by atoms with E-state index in [1.807, 2.05) is 6.92 Å². The van der Waals surface area contributed by atoms with E-state index in [4.69, 9.17) is 15.1 Å². The van der Waals surface area contributed by atoms with Crippen LogP contribution in [-0.4, -0.2) is 17.7 Å². The summed E-state index contributed by atoms with van der Waals surface area (Å²) in [6, 6.07) is 8.60. The number of carboxylic acids is 1. The van der Waals surface area contributed by atoms with Gasteiger partial charge in [0.05, 0.1) is 6.61 Å². The molecular formula is C12H11NO3. The second-order valence-corrected chi connectivity index (χ2v) is 2.95. The average molecular weight is 217 g/mol. The van der Waals surface area contributed by atoms with Crippen molar-refractivity contribution in [3.8, 4) is 11.8 Å². The molecule has 1 N–H and O–H groups in total. The fourth-order valence-corrected chi connectivity index (χ4v) is 1.18. The van der Waals surface area contributed by atoms with Crippen LogP contribution in [0.2, 0.25) is 0 Å². The van der Waals surface area contributed by atoms with Crippen molar-refractivity contribution in [2.75, 3.05) is 6.61 Å². The number of nitriles is 1. The third kappa shape index (κ3) is 2.85. The zero-order valence-corrected chi connectivity index (χ0v) is 8.80. The average Bonchev–Trinajstić information content (AvgIpc) is 2.27. The van der Waals surface area contributed by atoms with E-state index in [1.54, 1.807) is 30.3 Å². The number of ether oxygens (including phenoxy) is 1. The highest BCUT2D eigenvalue weighted by Gasteiger charge is 2.07. The summed E-state index contributed by atoms with van der Waals surface area (Å²) >= 11 is 0. The number of para-hydroxylation sites is 1. The number of rotatable bonds is 4. The molecule has 0 bridgehead atoms. The third-order valence-electron chi connectivity index (χ3n) is 1.87. The van der Waals surface area contributed by atoms with E-state index in [9.17, 15) is 4.79 Å². The minimum Gasteiger partial charge on any atom is -0.493 e. The van der Waals surface area contributed by atoms with E-state index < -0.39 is 5.97 Å². The second-order valence-electron chi connectivity index (χ2n) is 2.95. The molecule has 1 aromatic rings. The molecule has 16 heavy (non-hydrogen) atoms. The smallest absolute Gasteiger partial charge is 0.346 e. The molecule has 0 atom stereocenters. The molecule has 0 unspecified atom stereocenters. The van der Waals surface area contributed by atoms with Crippen LogP contribution in [0.1, 0.15) is 12.5 Å². The van der Waals surface area contributed by atoms with Crippen LogP contribution in [0.5, 0.6) is 5.75 Å². The van der Waals surface area contributed by atoms with E-state index >= 15 is 0 Å². The Morgan fingerprint density at radius 1 is 1.56 bits per heavy atom. The maximum atomic E-state index is 10.7. The van der Waals surface area contributed by atoms with Gasteiger partial charge in [0, 0.05) is 5.56 Å². The highest BCUT2D eigenvalue weighted by Crippen LogP contribution is 2.20. The molecule has 0 radical (unpaired) electrons. The van der Waals surface area contributed by atoms with Gasteiger partial charge >= 0.3 is 5.97 Å². The number of nitrogens with zero attached hydrogens (tertiary/aromatic N) is 1. The van der Waals surface area contributed by atoms with Crippen molar-refractivity contribution >= 4 is 12.0 Å². The molecule has 0 aliphatic carbocycles. The molecule has 0 saturated heterocycles. The predicted molar refractivity (Wildman–Crippen MR) is 58.8 cm³/mol. The Kier molecular flexibility index (Phi) is 4.10. The lowest BCUT2D eigenvalue weighted by molar-refractivity contribution is -0.132. The number of benzene rings is 1. The summed E-state index contributed by atoms with van der Waals surface area (Å²) in [7, 11) is 0. The number of hydrogen-bond acceptors (Lipinski definition) is 3. The summed E-state index contributed by atoms with van der Waals surface area (Å²) < 4.78 is 5.32. The highest BCUT2D eigenvalue weighted by molar-refractivity contribution is 5.96. The van der Waals surface area contributed by atoms with Gasteiger partial charge in [0.2, 0.25) is 0 Å². The molecule has 1 rings (SSSR count). The van der Waals surface area contributed by atoms with E-state index in [0.29, 0.717) is 17.9 Å². The second kappa shape index (κ2) is 5.56. The highest BCUT2D eigenvalue weighted by atomic mass is 16.5. The van der Waals surface area contributed by atoms with Crippen LogP contribution < -0.4 is 4.74 Å². The van der Waals surface area contributed by atoms with Crippen LogP contribution in [0.3, 0.4) is 0 Å². The van der Waals surface area contributed by atoms with Crippen molar-refractivity contribution in [1.29, 1.82) is 5.26 Å². The van der Waals surface area contributed by atoms with Gasteiger partial charge in [0.25, 0.3) is 0 Å². The quantitative estimate of drug-likeness (QED) is 0.619. The third-order valence-corrected chi connectivity index (χ3v) is 1.87. The van der Waals surface area contributed by atoms with Gasteiger partial charge in [0.1, 0.15) is 17.4 Å². The summed E-state index contributed by atoms with van der Waals surface area (Å²) in [5, 5.41) is 17.4. The van der Waals surface area contributed by atoms with Gasteiger partial charge in [-0.2, -0.15) is 5.26 Å². The molecule has 0 saturated carbocycles. The van der Waals surface area contributed by atoms with Crippen molar-refractivity contribution in [3.05, 3.63) is 35.4 Å². The minimum absolute atomic E-state index is 0.313. The van der Waals surface area contributed by atoms with Crippen molar-refractivity contribution < 1.29 is 14.6 Å². The molecular weight excluding hydrogens is 206 g/mol. The molecule has 0 aliphatic heterocycles. The van der Waals surface area contributed by atoms with Crippen LogP contribution in [0.25, 0.3) is 6.08 Å². The van der Waals surface area contributed by atoms with Crippen LogP contribution >= 0.6 is 0 Å². The lowest BCUT2D eigenvalue weighted by Gasteiger charge is -2.06. The van der Waals surface area contributed by atoms with Crippen LogP contribution in [-0.2, 0) is 4.79 Å². The number of carbonyl (C=O) groups is 1. The fourth-order valence-electron chi connectivity index (χ4n) is 1.18. The zero-order chi connectivity index (χ0) is 12.0. The summed E-state index contributed by atoms with van der Waals surface area (Å²) in [6.07, 6.45) is 1.30. The Morgan fingerprint density at radius 3 is 2.81 bits per heavy atom. The molecule has 1 aromatic carbocycles. The maximum absolute atomic E-state index is 10.7. The lowest BCUT2D eigenvalue weighted by atomic mass is 10.1. The molecule has 4 nitrogen and oxygen atoms in total. The Morgan fingerprint density at radius 2 is 2.25 bits per heavy atom. The van der Waals surface area contributed by atoms with Crippen molar-refractivity contribution in [2.45, 2.75) is 6.92 Å². The largest absolute Gasteiger partial charge is 0.493 e. The Hall–Kier alpha value is -2.28. The molecule has 0 fully saturated rings. The number of carboxylic acid groups (broad SMARTS) is 1. The van der Waals surface area contributed by atoms with Gasteiger partial charge in [-0.1, -0.05) is 18.2 Å². The summed E-state index contributed by atoms with van der Waals surface area (Å²) in [6.45, 7) is 2.32. The molecule has 4 heteroatoms. The van der Waals surface area contributed by atoms with Crippen LogP contribution in [0.4, 0.5) is 0 Å². The van der Waals surface area contributed by atoms with Crippen LogP contribution in [0.15, 0.2) is 29.8 Å². The van der Waals surface area contributed by atoms with E-state index in [2.05, 4.69) is 0 Å². The molecule has 0 heterocycles. The number of hydrogen-bond donors (Lipinski definition) is 1. The summed E-state index contributed by atoms with van der Waals surface area (Å²) in [5.74, 6) is -0.673. The first-order chi connectivity index (χ1) is 7.69. The topological polar surface area (TPSA) is 70.3 Å². The van der Waals surface area contributed by atoms with Crippen molar-refractivity contribution in [3.63, 3.8) is 0 Å². The van der Waals surface area contributed by atoms with E-state index in [0.717, 1.165) is 0 Å². The van der Waals surface area contributed by atoms with E-state index in [-0.39, 0.29) is 5.57 Å². The van der Waals surface area contributed by atoms with Crippen LogP contribution in [0, 0.1) is 11.3 Å². The van der Waals surface area contributed by atoms with E-state index in [1.165, 1.54) is 6.08 Å². The number of aliphatic carboxylic acids is 1. The van der Waals surface area contributed by atoms with Gasteiger partial charge in [0.15, 0.2) is 0 Å². The van der Waals surface area contributed by atoms with Gasteiger partial charge < -0.3 is 9.84 Å². The lowest BCUT2D eigenvalue weighted by Crippen LogP contribution is -1.99. The van der Waals surface area contributed by atoms with Crippen molar-refractivity contribution in [2.24, 2.45) is 0 Å². The molecule has 0 aliphatic rings. The Bertz CT molecular complexity index is 458. The Balaban J connectivity index is 3.13. The fraction of sp³-hybridized carbons (Fsp3) is 0.167. The SMILES string of the molecule is CCOc1ccccc1C=C(C#N)C(=O)O. The molecule has 0 spiro atoms. The van der Waals surface area contributed by atoms with Gasteiger partial charge in [-0.25, -0.2) is 4.79 Å². The monoisotopic (exact) mass is 217 g/mol. The predicted octanol–water partition coefficient (Wildman–Crippen LogP) is 2.08. The van der Waals surface area contributed by atoms with Gasteiger partial charge in [-0.15, -0.1) is 0 Å². The first kappa shape index (κ1) is 11.8. The minimum atomic E-state index is -1.24. The van der Waals surface area contributed by atoms with Gasteiger partial charge in [-0.05, 0) is 19.1 Å². The van der Waals surface area contributed by atoms with Crippen molar-refractivity contribution in [1.82, 2.24) is 0 Å². The molecule has 0 aromatic heterocycles. The zero-order valence-electron chi connectivity index (χ0n) is 8.80. The standard InChI is InChI=1S/C12H11NO3/c1-2-16-11-6-4-3-5-9(11)7-10(8-13)12(14)15/h3-7H,2H2,1H3,(H,14,15). The summed E-state index contributed by atoms with van der Waals surface area (Å²) in [4.78, 5) is 10.7. The molecule has 0 amide bonds. The normalized spacial score (nSPS) is 10.6. The first-order valence-electron chi connectivity index (χ1n) is 4.76. The van der Waals surface area contributed by atoms with Gasteiger partial charge in [-0.3, -0.25) is 0 Å². The summed E-state index contributed by atoms with van der Waals surface area (Å²) in [5.41, 5.74) is 0.274. The molecule has 82 valence electrons. The maximum Gasteiger partial charge on any atom is 0.346 e. The Labute approximate surface area is 93.4 Å². The first-order valence-corrected chi connectivity index (χ1v) is 4.76.